The molecular weight excluding hydrogens is 186 g/mol. The summed E-state index contributed by atoms with van der Waals surface area (Å²) in [6.45, 7) is 9.88. The first-order valence-corrected chi connectivity index (χ1v) is 6.64. The molecule has 15 heavy (non-hydrogen) atoms. The number of ether oxygens (including phenoxy) is 1. The topological polar surface area (TPSA) is 21.3 Å². The highest BCUT2D eigenvalue weighted by molar-refractivity contribution is 4.83. The van der Waals surface area contributed by atoms with E-state index in [0.717, 1.165) is 31.6 Å². The zero-order chi connectivity index (χ0) is 11.1. The summed E-state index contributed by atoms with van der Waals surface area (Å²) in [7, 11) is 0. The molecule has 0 radical (unpaired) electrons. The first-order chi connectivity index (χ1) is 7.33. The van der Waals surface area contributed by atoms with Gasteiger partial charge in [0.05, 0.1) is 0 Å². The summed E-state index contributed by atoms with van der Waals surface area (Å²) in [6.07, 6.45) is 5.08. The van der Waals surface area contributed by atoms with Crippen molar-refractivity contribution in [2.75, 3.05) is 19.8 Å². The fraction of sp³-hybridized carbons (Fsp3) is 1.00. The summed E-state index contributed by atoms with van der Waals surface area (Å²) in [5, 5.41) is 3.70. The zero-order valence-electron chi connectivity index (χ0n) is 10.6. The van der Waals surface area contributed by atoms with Crippen molar-refractivity contribution in [1.82, 2.24) is 5.32 Å². The maximum absolute atomic E-state index is 5.45. The maximum Gasteiger partial charge on any atom is 0.0469 e. The summed E-state index contributed by atoms with van der Waals surface area (Å²) in [5.74, 6) is 1.68. The Labute approximate surface area is 94.8 Å². The van der Waals surface area contributed by atoms with E-state index < -0.39 is 0 Å². The van der Waals surface area contributed by atoms with E-state index in [1.54, 1.807) is 0 Å². The van der Waals surface area contributed by atoms with Crippen LogP contribution in [0.4, 0.5) is 0 Å². The average molecular weight is 213 g/mol. The van der Waals surface area contributed by atoms with Gasteiger partial charge < -0.3 is 10.1 Å². The number of rotatable bonds is 6. The molecule has 2 heteroatoms. The Balaban J connectivity index is 2.53. The van der Waals surface area contributed by atoms with Crippen molar-refractivity contribution in [3.63, 3.8) is 0 Å². The lowest BCUT2D eigenvalue weighted by atomic mass is 9.81. The molecule has 1 N–H and O–H groups in total. The molecule has 1 heterocycles. The Morgan fingerprint density at radius 2 is 1.73 bits per heavy atom. The van der Waals surface area contributed by atoms with Crippen LogP contribution >= 0.6 is 0 Å². The average Bonchev–Trinajstić information content (AvgIpc) is 2.30. The summed E-state index contributed by atoms with van der Waals surface area (Å²) in [6, 6.07) is 0.717. The van der Waals surface area contributed by atoms with Gasteiger partial charge in [0.25, 0.3) is 0 Å². The first kappa shape index (κ1) is 13.0. The minimum Gasteiger partial charge on any atom is -0.381 e. The van der Waals surface area contributed by atoms with Crippen LogP contribution in [0, 0.1) is 11.8 Å². The third-order valence-corrected chi connectivity index (χ3v) is 3.77. The van der Waals surface area contributed by atoms with Crippen LogP contribution in [0.1, 0.15) is 46.5 Å². The summed E-state index contributed by atoms with van der Waals surface area (Å²) < 4.78 is 5.45. The second-order valence-corrected chi connectivity index (χ2v) is 4.61. The quantitative estimate of drug-likeness (QED) is 0.732. The molecule has 0 spiro atoms. The molecular formula is C13H27NO. The fourth-order valence-corrected chi connectivity index (χ4v) is 2.83. The maximum atomic E-state index is 5.45. The lowest BCUT2D eigenvalue weighted by molar-refractivity contribution is 0.0438. The van der Waals surface area contributed by atoms with Gasteiger partial charge >= 0.3 is 0 Å². The van der Waals surface area contributed by atoms with Crippen LogP contribution in [0.2, 0.25) is 0 Å². The van der Waals surface area contributed by atoms with E-state index >= 15 is 0 Å². The molecule has 0 aromatic rings. The van der Waals surface area contributed by atoms with E-state index in [2.05, 4.69) is 26.1 Å². The van der Waals surface area contributed by atoms with Gasteiger partial charge in [0.1, 0.15) is 0 Å². The van der Waals surface area contributed by atoms with Gasteiger partial charge in [-0.1, -0.05) is 33.6 Å². The van der Waals surface area contributed by atoms with Gasteiger partial charge in [-0.25, -0.2) is 0 Å². The van der Waals surface area contributed by atoms with Crippen LogP contribution < -0.4 is 5.32 Å². The van der Waals surface area contributed by atoms with Gasteiger partial charge in [-0.15, -0.1) is 0 Å². The third kappa shape index (κ3) is 3.76. The van der Waals surface area contributed by atoms with Gasteiger partial charge in [0, 0.05) is 19.3 Å². The summed E-state index contributed by atoms with van der Waals surface area (Å²) in [5.41, 5.74) is 0. The van der Waals surface area contributed by atoms with E-state index in [1.807, 2.05) is 0 Å². The number of hydrogen-bond acceptors (Lipinski definition) is 2. The van der Waals surface area contributed by atoms with Crippen molar-refractivity contribution in [2.45, 2.75) is 52.5 Å². The van der Waals surface area contributed by atoms with Crippen LogP contribution in [-0.4, -0.2) is 25.8 Å². The van der Waals surface area contributed by atoms with Gasteiger partial charge in [-0.3, -0.25) is 0 Å². The minimum absolute atomic E-state index is 0.717. The van der Waals surface area contributed by atoms with Crippen LogP contribution in [0.25, 0.3) is 0 Å². The van der Waals surface area contributed by atoms with E-state index in [9.17, 15) is 0 Å². The van der Waals surface area contributed by atoms with E-state index in [4.69, 9.17) is 4.74 Å². The Morgan fingerprint density at radius 1 is 1.13 bits per heavy atom. The van der Waals surface area contributed by atoms with Crippen LogP contribution in [0.15, 0.2) is 0 Å². The monoisotopic (exact) mass is 213 g/mol. The Hall–Kier alpha value is -0.0800. The highest BCUT2D eigenvalue weighted by atomic mass is 16.5. The summed E-state index contributed by atoms with van der Waals surface area (Å²) >= 11 is 0. The molecule has 0 aliphatic carbocycles. The second-order valence-electron chi connectivity index (χ2n) is 4.61. The highest BCUT2D eigenvalue weighted by Crippen LogP contribution is 2.27. The molecule has 0 aromatic carbocycles. The molecule has 0 saturated carbocycles. The van der Waals surface area contributed by atoms with Gasteiger partial charge in [-0.05, 0) is 31.2 Å². The van der Waals surface area contributed by atoms with Crippen molar-refractivity contribution < 1.29 is 4.74 Å². The molecule has 0 amide bonds. The van der Waals surface area contributed by atoms with E-state index in [0.29, 0.717) is 6.04 Å². The van der Waals surface area contributed by atoms with E-state index in [-0.39, 0.29) is 0 Å². The van der Waals surface area contributed by atoms with Gasteiger partial charge in [0.2, 0.25) is 0 Å². The predicted molar refractivity (Wildman–Crippen MR) is 65.1 cm³/mol. The lowest BCUT2D eigenvalue weighted by Gasteiger charge is -2.35. The molecule has 1 fully saturated rings. The van der Waals surface area contributed by atoms with Crippen molar-refractivity contribution in [1.29, 1.82) is 0 Å². The zero-order valence-corrected chi connectivity index (χ0v) is 10.6. The predicted octanol–water partition coefficient (Wildman–Crippen LogP) is 2.83. The fourth-order valence-electron chi connectivity index (χ4n) is 2.83. The van der Waals surface area contributed by atoms with Crippen molar-refractivity contribution in [3.8, 4) is 0 Å². The Bertz CT molecular complexity index is 151. The van der Waals surface area contributed by atoms with Crippen LogP contribution in [-0.2, 0) is 4.74 Å². The minimum atomic E-state index is 0.717. The second kappa shape index (κ2) is 7.24. The molecule has 1 atom stereocenters. The molecule has 1 rings (SSSR count). The van der Waals surface area contributed by atoms with Gasteiger partial charge in [0.15, 0.2) is 0 Å². The molecule has 1 saturated heterocycles. The highest BCUT2D eigenvalue weighted by Gasteiger charge is 2.28. The lowest BCUT2D eigenvalue weighted by Crippen LogP contribution is -2.44. The smallest absolute Gasteiger partial charge is 0.0469 e. The molecule has 1 aliphatic rings. The first-order valence-electron chi connectivity index (χ1n) is 6.64. The van der Waals surface area contributed by atoms with Crippen LogP contribution in [0.3, 0.4) is 0 Å². The van der Waals surface area contributed by atoms with Crippen molar-refractivity contribution >= 4 is 0 Å². The third-order valence-electron chi connectivity index (χ3n) is 3.77. The molecule has 1 unspecified atom stereocenters. The number of hydrogen-bond donors (Lipinski definition) is 1. The van der Waals surface area contributed by atoms with E-state index in [1.165, 1.54) is 25.7 Å². The largest absolute Gasteiger partial charge is 0.381 e. The molecule has 1 aliphatic heterocycles. The summed E-state index contributed by atoms with van der Waals surface area (Å²) in [4.78, 5) is 0. The van der Waals surface area contributed by atoms with Gasteiger partial charge in [-0.2, -0.15) is 0 Å². The van der Waals surface area contributed by atoms with Crippen molar-refractivity contribution in [3.05, 3.63) is 0 Å². The molecule has 90 valence electrons. The SMILES string of the molecule is CCNC(C(CC)CC)C1CCOCC1. The van der Waals surface area contributed by atoms with Crippen molar-refractivity contribution in [2.24, 2.45) is 11.8 Å². The number of nitrogens with one attached hydrogen (secondary N) is 1. The molecule has 2 nitrogen and oxygen atoms in total. The standard InChI is InChI=1S/C13H27NO/c1-4-11(5-2)13(14-6-3)12-7-9-15-10-8-12/h11-14H,4-10H2,1-3H3. The Morgan fingerprint density at radius 3 is 2.20 bits per heavy atom. The molecule has 0 aromatic heterocycles. The molecule has 0 bridgehead atoms. The van der Waals surface area contributed by atoms with Crippen LogP contribution in [0.5, 0.6) is 0 Å². The Kier molecular flexibility index (Phi) is 6.26. The normalized spacial score (nSPS) is 20.8.